The molecule has 3 aromatic rings. The van der Waals surface area contributed by atoms with Gasteiger partial charge in [-0.25, -0.2) is 4.39 Å². The maximum atomic E-state index is 15.3. The van der Waals surface area contributed by atoms with Crippen LogP contribution >= 0.6 is 18.5 Å². The molecule has 2 aliphatic rings. The summed E-state index contributed by atoms with van der Waals surface area (Å²) in [6.45, 7) is 5.88. The van der Waals surface area contributed by atoms with E-state index >= 15 is 4.39 Å². The van der Waals surface area contributed by atoms with Crippen LogP contribution in [0.1, 0.15) is 23.3 Å². The summed E-state index contributed by atoms with van der Waals surface area (Å²) < 4.78 is 80.2. The number of piperidine rings is 1. The summed E-state index contributed by atoms with van der Waals surface area (Å²) in [6.07, 6.45) is -5.14. The normalized spacial score (nSPS) is 21.4. The second-order valence-corrected chi connectivity index (χ2v) is 15.6. The number of ether oxygens (including phenoxy) is 2. The number of methoxy groups -OCH3 is 1. The highest BCUT2D eigenvalue weighted by atomic mass is 32.1. The SMILES string of the molecule is COc1cc(P(C)(C)=O)ccc1NCC#Cc1sc2c(N[C@H]3CCN(C4CCOC4)C[C@H]3F)cccc2c1CC(F)(F)F. The highest BCUT2D eigenvalue weighted by Crippen LogP contribution is 2.40. The minimum Gasteiger partial charge on any atom is -0.495 e. The predicted octanol–water partition coefficient (Wildman–Crippen LogP) is 6.34. The number of fused-ring (bicyclic) bond motifs is 1. The second kappa shape index (κ2) is 13.1. The van der Waals surface area contributed by atoms with Crippen molar-refractivity contribution in [3.63, 3.8) is 0 Å². The molecule has 232 valence electrons. The highest BCUT2D eigenvalue weighted by Gasteiger charge is 2.35. The summed E-state index contributed by atoms with van der Waals surface area (Å²) in [5.41, 5.74) is 1.39. The fourth-order valence-corrected chi connectivity index (χ4v) is 7.65. The smallest absolute Gasteiger partial charge is 0.393 e. The molecule has 0 spiro atoms. The van der Waals surface area contributed by atoms with Gasteiger partial charge in [0.1, 0.15) is 19.1 Å². The summed E-state index contributed by atoms with van der Waals surface area (Å²) in [7, 11) is -0.962. The molecule has 2 N–H and O–H groups in total. The molecular weight excluding hydrogens is 601 g/mol. The zero-order valence-corrected chi connectivity index (χ0v) is 26.1. The van der Waals surface area contributed by atoms with Gasteiger partial charge < -0.3 is 24.7 Å². The molecule has 43 heavy (non-hydrogen) atoms. The van der Waals surface area contributed by atoms with Crippen LogP contribution in [0.5, 0.6) is 5.75 Å². The summed E-state index contributed by atoms with van der Waals surface area (Å²) in [4.78, 5) is 2.47. The van der Waals surface area contributed by atoms with Crippen LogP contribution in [0.3, 0.4) is 0 Å². The lowest BCUT2D eigenvalue weighted by Gasteiger charge is -2.38. The topological polar surface area (TPSA) is 62.8 Å². The van der Waals surface area contributed by atoms with Crippen LogP contribution in [0.25, 0.3) is 10.1 Å². The maximum absolute atomic E-state index is 15.3. The lowest BCUT2D eigenvalue weighted by molar-refractivity contribution is -0.126. The number of nitrogens with one attached hydrogen (secondary N) is 2. The van der Waals surface area contributed by atoms with Crippen LogP contribution in [0, 0.1) is 11.8 Å². The molecule has 1 aromatic heterocycles. The van der Waals surface area contributed by atoms with Gasteiger partial charge in [-0.05, 0) is 61.4 Å². The number of anilines is 2. The number of nitrogens with zero attached hydrogens (tertiary/aromatic N) is 1. The number of halogens is 4. The Kier molecular flexibility index (Phi) is 9.62. The van der Waals surface area contributed by atoms with Crippen molar-refractivity contribution < 1.29 is 31.6 Å². The fourth-order valence-electron chi connectivity index (χ4n) is 5.62. The van der Waals surface area contributed by atoms with Gasteiger partial charge in [0.05, 0.1) is 53.7 Å². The number of likely N-dealkylation sites (tertiary alicyclic amines) is 1. The first kappa shape index (κ1) is 31.6. The van der Waals surface area contributed by atoms with Crippen molar-refractivity contribution in [1.29, 1.82) is 0 Å². The van der Waals surface area contributed by atoms with E-state index in [1.165, 1.54) is 18.4 Å². The van der Waals surface area contributed by atoms with Crippen molar-refractivity contribution in [2.24, 2.45) is 0 Å². The molecule has 3 atom stereocenters. The van der Waals surface area contributed by atoms with Crippen LogP contribution in [-0.4, -0.2) is 82.6 Å². The maximum Gasteiger partial charge on any atom is 0.393 e. The van der Waals surface area contributed by atoms with Crippen molar-refractivity contribution >= 4 is 45.2 Å². The molecule has 3 heterocycles. The van der Waals surface area contributed by atoms with Crippen molar-refractivity contribution in [2.75, 3.05) is 63.9 Å². The Hall–Kier alpha value is -2.77. The van der Waals surface area contributed by atoms with Gasteiger partial charge in [-0.3, -0.25) is 4.90 Å². The van der Waals surface area contributed by atoms with E-state index in [0.29, 0.717) is 63.6 Å². The van der Waals surface area contributed by atoms with Gasteiger partial charge in [0.15, 0.2) is 0 Å². The lowest BCUT2D eigenvalue weighted by Crippen LogP contribution is -2.51. The van der Waals surface area contributed by atoms with Crippen LogP contribution in [0.15, 0.2) is 36.4 Å². The van der Waals surface area contributed by atoms with E-state index in [9.17, 15) is 17.7 Å². The molecule has 0 bridgehead atoms. The van der Waals surface area contributed by atoms with Crippen LogP contribution in [0.2, 0.25) is 0 Å². The summed E-state index contributed by atoms with van der Waals surface area (Å²) in [5.74, 6) is 6.40. The minimum atomic E-state index is -4.42. The van der Waals surface area contributed by atoms with Gasteiger partial charge in [0.25, 0.3) is 0 Å². The second-order valence-electron chi connectivity index (χ2n) is 11.3. The van der Waals surface area contributed by atoms with E-state index < -0.39 is 32.0 Å². The Balaban J connectivity index is 1.35. The molecule has 2 saturated heterocycles. The third-order valence-electron chi connectivity index (χ3n) is 7.91. The van der Waals surface area contributed by atoms with Gasteiger partial charge in [0, 0.05) is 31.0 Å². The quantitative estimate of drug-likeness (QED) is 0.171. The largest absolute Gasteiger partial charge is 0.495 e. The zero-order valence-electron chi connectivity index (χ0n) is 24.4. The minimum absolute atomic E-state index is 0.125. The van der Waals surface area contributed by atoms with E-state index in [1.54, 1.807) is 49.7 Å². The Morgan fingerprint density at radius 1 is 1.19 bits per heavy atom. The summed E-state index contributed by atoms with van der Waals surface area (Å²) >= 11 is 1.19. The molecule has 2 aromatic carbocycles. The molecule has 6 nitrogen and oxygen atoms in total. The van der Waals surface area contributed by atoms with Crippen molar-refractivity contribution in [3.05, 3.63) is 46.8 Å². The molecule has 0 aliphatic carbocycles. The van der Waals surface area contributed by atoms with E-state index in [2.05, 4.69) is 27.4 Å². The number of hydrogen-bond acceptors (Lipinski definition) is 7. The first-order chi connectivity index (χ1) is 20.4. The molecule has 12 heteroatoms. The van der Waals surface area contributed by atoms with Gasteiger partial charge in [-0.1, -0.05) is 24.0 Å². The van der Waals surface area contributed by atoms with Crippen LogP contribution in [-0.2, 0) is 15.7 Å². The molecule has 0 amide bonds. The number of thiophene rings is 1. The predicted molar refractivity (Wildman–Crippen MR) is 167 cm³/mol. The van der Waals surface area contributed by atoms with Gasteiger partial charge >= 0.3 is 6.18 Å². The summed E-state index contributed by atoms with van der Waals surface area (Å²) in [5, 5.41) is 7.60. The first-order valence-electron chi connectivity index (χ1n) is 14.2. The Labute approximate surface area is 253 Å². The molecule has 1 unspecified atom stereocenters. The molecule has 2 aliphatic heterocycles. The van der Waals surface area contributed by atoms with Gasteiger partial charge in [-0.15, -0.1) is 11.3 Å². The molecule has 0 saturated carbocycles. The van der Waals surface area contributed by atoms with Crippen LogP contribution < -0.4 is 20.7 Å². The summed E-state index contributed by atoms with van der Waals surface area (Å²) in [6, 6.07) is 10.2. The van der Waals surface area contributed by atoms with Gasteiger partial charge in [0.2, 0.25) is 0 Å². The standard InChI is InChI=1S/C31H36F4N3O3PS/c1-40-28-16-21(42(2,3)39)9-10-26(28)36-13-5-8-29-23(17-31(33,34)35)22-6-4-7-27(30(22)43-29)37-25-11-14-38(18-24(25)32)20-12-15-41-19-20/h4,6-7,9-10,16,20,24-25,36-37H,11-15,17-19H2,1-3H3/t20?,24-,25+/m1/s1. The Bertz CT molecular complexity index is 1560. The zero-order chi connectivity index (χ0) is 30.8. The third kappa shape index (κ3) is 7.66. The van der Waals surface area contributed by atoms with Crippen molar-refractivity contribution in [1.82, 2.24) is 4.90 Å². The van der Waals surface area contributed by atoms with Crippen molar-refractivity contribution in [3.8, 4) is 17.6 Å². The molecule has 0 radical (unpaired) electrons. The third-order valence-corrected chi connectivity index (χ3v) is 10.6. The Morgan fingerprint density at radius 2 is 2.00 bits per heavy atom. The lowest BCUT2D eigenvalue weighted by atomic mass is 10.00. The van der Waals surface area contributed by atoms with Crippen molar-refractivity contribution in [2.45, 2.75) is 43.7 Å². The number of hydrogen-bond donors (Lipinski definition) is 2. The number of rotatable bonds is 8. The average molecular weight is 638 g/mol. The molecule has 2 fully saturated rings. The van der Waals surface area contributed by atoms with E-state index in [1.807, 2.05) is 0 Å². The Morgan fingerprint density at radius 3 is 2.67 bits per heavy atom. The monoisotopic (exact) mass is 637 g/mol. The number of benzene rings is 2. The fraction of sp³-hybridized carbons (Fsp3) is 0.484. The van der Waals surface area contributed by atoms with Gasteiger partial charge in [-0.2, -0.15) is 13.2 Å². The molecule has 5 rings (SSSR count). The molecular formula is C31H36F4N3O3PS. The van der Waals surface area contributed by atoms with E-state index in [4.69, 9.17) is 9.47 Å². The van der Waals surface area contributed by atoms with Crippen LogP contribution in [0.4, 0.5) is 28.9 Å². The van der Waals surface area contributed by atoms with E-state index in [-0.39, 0.29) is 18.2 Å². The average Bonchev–Trinajstić information content (AvgIpc) is 3.60. The number of alkyl halides is 4. The highest BCUT2D eigenvalue weighted by molar-refractivity contribution is 7.70. The first-order valence-corrected chi connectivity index (χ1v) is 17.6. The van der Waals surface area contributed by atoms with E-state index in [0.717, 1.165) is 13.0 Å².